The van der Waals surface area contributed by atoms with Crippen molar-refractivity contribution in [3.05, 3.63) is 35.9 Å². The summed E-state index contributed by atoms with van der Waals surface area (Å²) >= 11 is 0. The van der Waals surface area contributed by atoms with E-state index in [2.05, 4.69) is 0 Å². The van der Waals surface area contributed by atoms with Gasteiger partial charge in [-0.25, -0.2) is 0 Å². The lowest BCUT2D eigenvalue weighted by Gasteiger charge is -2.03. The number of rotatable bonds is 7. The highest BCUT2D eigenvalue weighted by molar-refractivity contribution is 5.96. The fourth-order valence-electron chi connectivity index (χ4n) is 1.69. The van der Waals surface area contributed by atoms with E-state index in [0.717, 1.165) is 18.1 Å². The zero-order valence-corrected chi connectivity index (χ0v) is 9.52. The fourth-order valence-corrected chi connectivity index (χ4v) is 1.69. The molecular formula is C14H18O2. The molecule has 1 aliphatic rings. The van der Waals surface area contributed by atoms with E-state index < -0.39 is 0 Å². The highest BCUT2D eigenvalue weighted by atomic mass is 16.5. The van der Waals surface area contributed by atoms with Crippen molar-refractivity contribution in [1.29, 1.82) is 0 Å². The van der Waals surface area contributed by atoms with Crippen molar-refractivity contribution in [3.8, 4) is 0 Å². The van der Waals surface area contributed by atoms with Crippen LogP contribution in [0.4, 0.5) is 0 Å². The highest BCUT2D eigenvalue weighted by Crippen LogP contribution is 2.32. The minimum absolute atomic E-state index is 0.173. The predicted molar refractivity (Wildman–Crippen MR) is 63.5 cm³/mol. The van der Waals surface area contributed by atoms with E-state index in [-0.39, 0.29) is 5.78 Å². The number of hydrogen-bond acceptors (Lipinski definition) is 2. The van der Waals surface area contributed by atoms with Crippen molar-refractivity contribution in [1.82, 2.24) is 0 Å². The van der Waals surface area contributed by atoms with Crippen LogP contribution in [0.15, 0.2) is 30.3 Å². The molecule has 2 heteroatoms. The van der Waals surface area contributed by atoms with Gasteiger partial charge in [-0.15, -0.1) is 0 Å². The summed E-state index contributed by atoms with van der Waals surface area (Å²) in [5, 5.41) is 0. The van der Waals surface area contributed by atoms with Crippen molar-refractivity contribution < 1.29 is 9.53 Å². The SMILES string of the molecule is O=C(CCOCCC1CC1)c1ccccc1. The molecule has 0 saturated heterocycles. The molecule has 1 saturated carbocycles. The summed E-state index contributed by atoms with van der Waals surface area (Å²) in [7, 11) is 0. The second kappa shape index (κ2) is 5.80. The monoisotopic (exact) mass is 218 g/mol. The molecule has 2 nitrogen and oxygen atoms in total. The first-order valence-electron chi connectivity index (χ1n) is 6.02. The lowest BCUT2D eigenvalue weighted by atomic mass is 10.1. The normalized spacial score (nSPS) is 15.0. The molecule has 0 radical (unpaired) electrons. The van der Waals surface area contributed by atoms with Gasteiger partial charge >= 0.3 is 0 Å². The first kappa shape index (κ1) is 11.3. The third-order valence-corrected chi connectivity index (χ3v) is 2.94. The Bertz CT molecular complexity index is 328. The van der Waals surface area contributed by atoms with Gasteiger partial charge in [-0.1, -0.05) is 43.2 Å². The van der Waals surface area contributed by atoms with Crippen LogP contribution in [0.25, 0.3) is 0 Å². The average molecular weight is 218 g/mol. The summed E-state index contributed by atoms with van der Waals surface area (Å²) in [6.45, 7) is 1.37. The van der Waals surface area contributed by atoms with Gasteiger partial charge in [-0.2, -0.15) is 0 Å². The van der Waals surface area contributed by atoms with E-state index in [0.29, 0.717) is 13.0 Å². The zero-order valence-electron chi connectivity index (χ0n) is 9.52. The molecule has 0 aliphatic heterocycles. The Morgan fingerprint density at radius 1 is 1.19 bits per heavy atom. The molecule has 1 fully saturated rings. The van der Waals surface area contributed by atoms with E-state index in [1.165, 1.54) is 19.3 Å². The lowest BCUT2D eigenvalue weighted by molar-refractivity contribution is 0.0868. The summed E-state index contributed by atoms with van der Waals surface area (Å²) in [4.78, 5) is 11.7. The van der Waals surface area contributed by atoms with Crippen LogP contribution >= 0.6 is 0 Å². The third kappa shape index (κ3) is 3.78. The number of benzene rings is 1. The summed E-state index contributed by atoms with van der Waals surface area (Å²) < 4.78 is 5.46. The molecule has 2 rings (SSSR count). The van der Waals surface area contributed by atoms with Crippen LogP contribution < -0.4 is 0 Å². The first-order chi connectivity index (χ1) is 7.86. The second-order valence-electron chi connectivity index (χ2n) is 4.38. The molecule has 0 unspecified atom stereocenters. The number of carbonyl (C=O) groups excluding carboxylic acids is 1. The minimum atomic E-state index is 0.173. The van der Waals surface area contributed by atoms with Gasteiger partial charge in [0.1, 0.15) is 0 Å². The van der Waals surface area contributed by atoms with Gasteiger partial charge in [-0.3, -0.25) is 4.79 Å². The van der Waals surface area contributed by atoms with Crippen molar-refractivity contribution in [2.24, 2.45) is 5.92 Å². The van der Waals surface area contributed by atoms with Crippen LogP contribution in [0.5, 0.6) is 0 Å². The molecule has 86 valence electrons. The van der Waals surface area contributed by atoms with Gasteiger partial charge in [0.25, 0.3) is 0 Å². The van der Waals surface area contributed by atoms with Gasteiger partial charge in [0.2, 0.25) is 0 Å². The van der Waals surface area contributed by atoms with Gasteiger partial charge in [0.05, 0.1) is 6.61 Å². The predicted octanol–water partition coefficient (Wildman–Crippen LogP) is 3.08. The van der Waals surface area contributed by atoms with Crippen LogP contribution in [0, 0.1) is 5.92 Å². The van der Waals surface area contributed by atoms with Crippen molar-refractivity contribution in [2.45, 2.75) is 25.7 Å². The molecule has 0 spiro atoms. The minimum Gasteiger partial charge on any atom is -0.381 e. The molecule has 0 bridgehead atoms. The van der Waals surface area contributed by atoms with Gasteiger partial charge in [-0.05, 0) is 12.3 Å². The smallest absolute Gasteiger partial charge is 0.165 e. The maximum absolute atomic E-state index is 11.7. The number of hydrogen-bond donors (Lipinski definition) is 0. The maximum Gasteiger partial charge on any atom is 0.165 e. The Kier molecular flexibility index (Phi) is 4.11. The fraction of sp³-hybridized carbons (Fsp3) is 0.500. The molecule has 0 aromatic heterocycles. The standard InChI is InChI=1S/C14H18O2/c15-14(13-4-2-1-3-5-13)9-11-16-10-8-12-6-7-12/h1-5,12H,6-11H2. The van der Waals surface area contributed by atoms with E-state index in [1.807, 2.05) is 30.3 Å². The van der Waals surface area contributed by atoms with E-state index in [4.69, 9.17) is 4.74 Å². The van der Waals surface area contributed by atoms with E-state index >= 15 is 0 Å². The van der Waals surface area contributed by atoms with Gasteiger partial charge in [0.15, 0.2) is 5.78 Å². The zero-order chi connectivity index (χ0) is 11.2. The Hall–Kier alpha value is -1.15. The van der Waals surface area contributed by atoms with Crippen molar-refractivity contribution >= 4 is 5.78 Å². The Morgan fingerprint density at radius 3 is 2.62 bits per heavy atom. The number of ketones is 1. The number of ether oxygens (including phenoxy) is 1. The molecule has 1 aliphatic carbocycles. The van der Waals surface area contributed by atoms with Crippen LogP contribution in [0.2, 0.25) is 0 Å². The number of Topliss-reactive ketones (excluding diaryl/α,β-unsaturated/α-hetero) is 1. The molecule has 16 heavy (non-hydrogen) atoms. The van der Waals surface area contributed by atoms with Crippen LogP contribution in [-0.4, -0.2) is 19.0 Å². The molecule has 0 N–H and O–H groups in total. The van der Waals surface area contributed by atoms with E-state index in [9.17, 15) is 4.79 Å². The Morgan fingerprint density at radius 2 is 1.94 bits per heavy atom. The Labute approximate surface area is 96.6 Å². The Balaban J connectivity index is 1.60. The summed E-state index contributed by atoms with van der Waals surface area (Å²) in [5.41, 5.74) is 0.785. The molecular weight excluding hydrogens is 200 g/mol. The molecule has 0 atom stereocenters. The molecule has 0 amide bonds. The quantitative estimate of drug-likeness (QED) is 0.519. The van der Waals surface area contributed by atoms with Gasteiger partial charge in [0, 0.05) is 18.6 Å². The van der Waals surface area contributed by atoms with Crippen LogP contribution in [0.1, 0.15) is 36.0 Å². The summed E-state index contributed by atoms with van der Waals surface area (Å²) in [6, 6.07) is 9.41. The highest BCUT2D eigenvalue weighted by Gasteiger charge is 2.20. The van der Waals surface area contributed by atoms with Crippen molar-refractivity contribution in [2.75, 3.05) is 13.2 Å². The summed E-state index contributed by atoms with van der Waals surface area (Å²) in [5.74, 6) is 1.08. The van der Waals surface area contributed by atoms with Gasteiger partial charge < -0.3 is 4.74 Å². The topological polar surface area (TPSA) is 26.3 Å². The largest absolute Gasteiger partial charge is 0.381 e. The average Bonchev–Trinajstić information content (AvgIpc) is 3.13. The second-order valence-corrected chi connectivity index (χ2v) is 4.38. The summed E-state index contributed by atoms with van der Waals surface area (Å²) in [6.07, 6.45) is 4.40. The molecule has 1 aromatic rings. The lowest BCUT2D eigenvalue weighted by Crippen LogP contribution is -2.05. The van der Waals surface area contributed by atoms with Crippen LogP contribution in [-0.2, 0) is 4.74 Å². The maximum atomic E-state index is 11.7. The molecule has 1 aromatic carbocycles. The first-order valence-corrected chi connectivity index (χ1v) is 6.02. The van der Waals surface area contributed by atoms with E-state index in [1.54, 1.807) is 0 Å². The van der Waals surface area contributed by atoms with Crippen LogP contribution in [0.3, 0.4) is 0 Å². The third-order valence-electron chi connectivity index (χ3n) is 2.94. The number of carbonyl (C=O) groups is 1. The molecule has 0 heterocycles. The van der Waals surface area contributed by atoms with Crippen molar-refractivity contribution in [3.63, 3.8) is 0 Å².